The van der Waals surface area contributed by atoms with E-state index >= 15 is 0 Å². The molecular formula is C35H43NO6. The number of unbranched alkanes of at least 4 members (excludes halogenated alkanes) is 3. The number of aryl methyl sites for hydroxylation is 2. The van der Waals surface area contributed by atoms with Crippen molar-refractivity contribution in [2.75, 3.05) is 6.61 Å². The number of aliphatic hydroxyl groups is 1. The summed E-state index contributed by atoms with van der Waals surface area (Å²) in [6.45, 7) is 9.66. The molecule has 1 N–H and O–H groups in total. The molecule has 0 aliphatic carbocycles. The number of ketones is 1. The summed E-state index contributed by atoms with van der Waals surface area (Å²) >= 11 is 0. The van der Waals surface area contributed by atoms with Crippen molar-refractivity contribution in [3.63, 3.8) is 0 Å². The van der Waals surface area contributed by atoms with Crippen molar-refractivity contribution in [1.29, 1.82) is 0 Å². The molecule has 42 heavy (non-hydrogen) atoms. The summed E-state index contributed by atoms with van der Waals surface area (Å²) in [6, 6.07) is 18.6. The van der Waals surface area contributed by atoms with Crippen LogP contribution in [0, 0.1) is 18.8 Å². The van der Waals surface area contributed by atoms with Crippen LogP contribution in [0.2, 0.25) is 0 Å². The van der Waals surface area contributed by atoms with Gasteiger partial charge in [0.2, 0.25) is 11.7 Å². The Bertz CT molecular complexity index is 1390. The molecule has 3 aromatic rings. The van der Waals surface area contributed by atoms with Gasteiger partial charge in [0, 0.05) is 18.6 Å². The molecule has 2 atom stereocenters. The molecule has 1 aliphatic rings. The van der Waals surface area contributed by atoms with E-state index in [9.17, 15) is 14.4 Å². The van der Waals surface area contributed by atoms with Gasteiger partial charge in [-0.2, -0.15) is 0 Å². The average Bonchev–Trinajstić information content (AvgIpc) is 3.48. The van der Waals surface area contributed by atoms with Crippen LogP contribution in [0.5, 0.6) is 0 Å². The number of benzene rings is 2. The van der Waals surface area contributed by atoms with Crippen LogP contribution >= 0.6 is 0 Å². The monoisotopic (exact) mass is 573 g/mol. The van der Waals surface area contributed by atoms with Gasteiger partial charge >= 0.3 is 6.09 Å². The topological polar surface area (TPSA) is 97.1 Å². The second-order valence-corrected chi connectivity index (χ2v) is 12.2. The Labute approximate surface area is 248 Å². The second kappa shape index (κ2) is 13.5. The van der Waals surface area contributed by atoms with E-state index in [1.54, 1.807) is 19.9 Å². The van der Waals surface area contributed by atoms with Gasteiger partial charge in [-0.25, -0.2) is 9.69 Å². The van der Waals surface area contributed by atoms with Crippen molar-refractivity contribution in [3.8, 4) is 11.1 Å². The Balaban J connectivity index is 1.72. The Morgan fingerprint density at radius 2 is 1.69 bits per heavy atom. The molecule has 1 saturated heterocycles. The summed E-state index contributed by atoms with van der Waals surface area (Å²) in [4.78, 5) is 42.7. The molecule has 2 aromatic carbocycles. The lowest BCUT2D eigenvalue weighted by Crippen LogP contribution is -2.51. The molecule has 0 saturated carbocycles. The van der Waals surface area contributed by atoms with Gasteiger partial charge in [-0.05, 0) is 63.1 Å². The van der Waals surface area contributed by atoms with Gasteiger partial charge in [-0.1, -0.05) is 86.8 Å². The highest BCUT2D eigenvalue weighted by molar-refractivity contribution is 6.12. The number of carbonyl (C=O) groups excluding carboxylic acids is 3. The van der Waals surface area contributed by atoms with Gasteiger partial charge < -0.3 is 14.3 Å². The van der Waals surface area contributed by atoms with E-state index in [4.69, 9.17) is 14.3 Å². The van der Waals surface area contributed by atoms with Crippen LogP contribution in [0.15, 0.2) is 65.1 Å². The summed E-state index contributed by atoms with van der Waals surface area (Å²) in [6.07, 6.45) is 3.47. The lowest BCUT2D eigenvalue weighted by atomic mass is 9.86. The Morgan fingerprint density at radius 1 is 0.976 bits per heavy atom. The normalized spacial score (nSPS) is 17.0. The van der Waals surface area contributed by atoms with E-state index in [1.807, 2.05) is 69.3 Å². The molecule has 1 aliphatic heterocycles. The number of hydrogen-bond acceptors (Lipinski definition) is 6. The molecule has 1 fully saturated rings. The van der Waals surface area contributed by atoms with E-state index in [0.29, 0.717) is 12.2 Å². The number of rotatable bonds is 13. The fraction of sp³-hybridized carbons (Fsp3) is 0.457. The third kappa shape index (κ3) is 7.01. The van der Waals surface area contributed by atoms with Crippen LogP contribution in [-0.2, 0) is 22.4 Å². The van der Waals surface area contributed by atoms with Crippen LogP contribution in [0.25, 0.3) is 11.1 Å². The smallest absolute Gasteiger partial charge is 0.417 e. The zero-order valence-electron chi connectivity index (χ0n) is 25.4. The van der Waals surface area contributed by atoms with Crippen LogP contribution in [0.3, 0.4) is 0 Å². The van der Waals surface area contributed by atoms with Gasteiger partial charge in [0.1, 0.15) is 17.3 Å². The van der Waals surface area contributed by atoms with E-state index in [0.717, 1.165) is 52.8 Å². The SMILES string of the molecule is Cc1cccc(-c2cc(C(=O)C(Cc3ccccc3)C(=O)N3C(=O)OC(C)(C)C3C(C)C)oc2CCCCCCO)c1. The molecule has 7 heteroatoms. The number of imide groups is 1. The Morgan fingerprint density at radius 3 is 2.36 bits per heavy atom. The lowest BCUT2D eigenvalue weighted by molar-refractivity contribution is -0.133. The number of aliphatic hydroxyl groups excluding tert-OH is 1. The van der Waals surface area contributed by atoms with Crippen molar-refractivity contribution in [2.24, 2.45) is 11.8 Å². The summed E-state index contributed by atoms with van der Waals surface area (Å²) in [5, 5.41) is 9.12. The minimum Gasteiger partial charge on any atom is -0.457 e. The molecule has 2 heterocycles. The zero-order valence-corrected chi connectivity index (χ0v) is 25.4. The number of Topliss-reactive ketones (excluding diaryl/α,β-unsaturated/α-hetero) is 1. The summed E-state index contributed by atoms with van der Waals surface area (Å²) in [7, 11) is 0. The van der Waals surface area contributed by atoms with E-state index in [-0.39, 0.29) is 24.7 Å². The minimum atomic E-state index is -1.16. The fourth-order valence-electron chi connectivity index (χ4n) is 6.11. The first-order valence-corrected chi connectivity index (χ1v) is 15.0. The van der Waals surface area contributed by atoms with Gasteiger partial charge in [0.05, 0.1) is 6.04 Å². The van der Waals surface area contributed by atoms with Crippen molar-refractivity contribution in [1.82, 2.24) is 4.90 Å². The first kappa shape index (κ1) is 31.2. The summed E-state index contributed by atoms with van der Waals surface area (Å²) in [5.41, 5.74) is 2.79. The van der Waals surface area contributed by atoms with Crippen molar-refractivity contribution < 1.29 is 28.6 Å². The van der Waals surface area contributed by atoms with Crippen LogP contribution in [-0.4, -0.2) is 46.0 Å². The zero-order chi connectivity index (χ0) is 30.4. The quantitative estimate of drug-likeness (QED) is 0.132. The highest BCUT2D eigenvalue weighted by Crippen LogP contribution is 2.37. The number of cyclic esters (lactones) is 1. The molecule has 1 aromatic heterocycles. The number of hydrogen-bond donors (Lipinski definition) is 1. The first-order valence-electron chi connectivity index (χ1n) is 15.0. The van der Waals surface area contributed by atoms with E-state index in [2.05, 4.69) is 6.07 Å². The average molecular weight is 574 g/mol. The number of furan rings is 1. The second-order valence-electron chi connectivity index (χ2n) is 12.2. The van der Waals surface area contributed by atoms with Gasteiger partial charge in [0.15, 0.2) is 5.76 Å². The maximum Gasteiger partial charge on any atom is 0.417 e. The van der Waals surface area contributed by atoms with Crippen molar-refractivity contribution in [3.05, 3.63) is 83.3 Å². The number of carbonyl (C=O) groups is 3. The third-order valence-corrected chi connectivity index (χ3v) is 8.00. The van der Waals surface area contributed by atoms with Gasteiger partial charge in [0.25, 0.3) is 0 Å². The number of nitrogens with zero attached hydrogens (tertiary/aromatic N) is 1. The minimum absolute atomic E-state index is 0.0724. The standard InChI is InChI=1S/C35H43NO6/c1-23(2)32-35(4,5)42-34(40)36(32)33(39)28(21-25-15-9-8-10-16-25)31(38)30-22-27(26-17-13-14-24(3)20-26)29(41-30)18-11-6-7-12-19-37/h8-10,13-17,20,22-23,28,32,37H,6-7,11-12,18-19,21H2,1-5H3. The number of ether oxygens (including phenoxy) is 1. The highest BCUT2D eigenvalue weighted by Gasteiger charge is 2.54. The molecule has 7 nitrogen and oxygen atoms in total. The highest BCUT2D eigenvalue weighted by atomic mass is 16.6. The van der Waals surface area contributed by atoms with Crippen LogP contribution in [0.1, 0.15) is 80.8 Å². The molecular weight excluding hydrogens is 530 g/mol. The van der Waals surface area contributed by atoms with Gasteiger partial charge in [-0.15, -0.1) is 0 Å². The Kier molecular flexibility index (Phi) is 10.0. The fourth-order valence-corrected chi connectivity index (χ4v) is 6.11. The largest absolute Gasteiger partial charge is 0.457 e. The molecule has 4 rings (SSSR count). The first-order chi connectivity index (χ1) is 20.0. The molecule has 0 spiro atoms. The van der Waals surface area contributed by atoms with Crippen LogP contribution < -0.4 is 0 Å². The molecule has 224 valence electrons. The van der Waals surface area contributed by atoms with E-state index < -0.39 is 35.3 Å². The van der Waals surface area contributed by atoms with E-state index in [1.165, 1.54) is 0 Å². The maximum atomic E-state index is 14.2. The van der Waals surface area contributed by atoms with Crippen molar-refractivity contribution in [2.45, 2.75) is 84.8 Å². The lowest BCUT2D eigenvalue weighted by Gasteiger charge is -2.32. The maximum absolute atomic E-state index is 14.2. The summed E-state index contributed by atoms with van der Waals surface area (Å²) < 4.78 is 11.9. The van der Waals surface area contributed by atoms with Crippen LogP contribution in [0.4, 0.5) is 4.79 Å². The third-order valence-electron chi connectivity index (χ3n) is 8.00. The number of amides is 2. The Hall–Kier alpha value is -3.71. The molecule has 0 radical (unpaired) electrons. The van der Waals surface area contributed by atoms with Gasteiger partial charge in [-0.3, -0.25) is 9.59 Å². The van der Waals surface area contributed by atoms with Crippen molar-refractivity contribution >= 4 is 17.8 Å². The summed E-state index contributed by atoms with van der Waals surface area (Å²) in [5.74, 6) is -1.46. The predicted octanol–water partition coefficient (Wildman–Crippen LogP) is 7.17. The molecule has 2 amide bonds. The molecule has 0 bridgehead atoms. The predicted molar refractivity (Wildman–Crippen MR) is 162 cm³/mol. The molecule has 2 unspecified atom stereocenters.